The normalized spacial score (nSPS) is 19.8. The van der Waals surface area contributed by atoms with E-state index in [1.165, 1.54) is 5.57 Å². The number of hydrogen-bond acceptors (Lipinski definition) is 6. The van der Waals surface area contributed by atoms with Crippen molar-refractivity contribution in [1.82, 2.24) is 30.9 Å². The second kappa shape index (κ2) is 7.96. The van der Waals surface area contributed by atoms with Gasteiger partial charge in [-0.15, -0.1) is 10.2 Å². The van der Waals surface area contributed by atoms with E-state index >= 15 is 0 Å². The predicted octanol–water partition coefficient (Wildman–Crippen LogP) is 1.80. The number of aromatic amines is 1. The van der Waals surface area contributed by atoms with Gasteiger partial charge in [-0.2, -0.15) is 5.21 Å². The molecule has 1 fully saturated rings. The molecule has 2 unspecified atom stereocenters. The van der Waals surface area contributed by atoms with E-state index in [0.717, 1.165) is 50.0 Å². The molecule has 2 aliphatic rings. The van der Waals surface area contributed by atoms with Crippen LogP contribution in [0.25, 0.3) is 5.57 Å². The molecule has 3 heterocycles. The van der Waals surface area contributed by atoms with Gasteiger partial charge in [0, 0.05) is 37.3 Å². The lowest BCUT2D eigenvalue weighted by Gasteiger charge is -2.26. The number of nitrogens with zero attached hydrogens (tertiary/aromatic N) is 4. The van der Waals surface area contributed by atoms with Gasteiger partial charge in [-0.3, -0.25) is 9.78 Å². The molecular formula is C19H24N6O2. The number of aliphatic carboxylic acids is 1. The van der Waals surface area contributed by atoms with Gasteiger partial charge in [0.2, 0.25) is 0 Å². The Morgan fingerprint density at radius 2 is 2.15 bits per heavy atom. The minimum absolute atomic E-state index is 0.153. The van der Waals surface area contributed by atoms with Crippen LogP contribution in [-0.4, -0.2) is 49.8 Å². The number of nitrogens with one attached hydrogen (secondary N) is 2. The van der Waals surface area contributed by atoms with Crippen molar-refractivity contribution in [2.24, 2.45) is 11.8 Å². The SMILES string of the molecule is O=C(O)C(C1CCCC1)C(Cc1ccc(C2=CCNC2)cn1)c1nn[nH]n1. The van der Waals surface area contributed by atoms with Gasteiger partial charge < -0.3 is 10.4 Å². The fourth-order valence-corrected chi connectivity index (χ4v) is 4.38. The molecule has 4 rings (SSSR count). The van der Waals surface area contributed by atoms with Crippen LogP contribution in [-0.2, 0) is 11.2 Å². The maximum Gasteiger partial charge on any atom is 0.307 e. The quantitative estimate of drug-likeness (QED) is 0.682. The van der Waals surface area contributed by atoms with Gasteiger partial charge >= 0.3 is 5.97 Å². The maximum atomic E-state index is 12.1. The van der Waals surface area contributed by atoms with Crippen LogP contribution in [0.3, 0.4) is 0 Å². The molecule has 142 valence electrons. The van der Waals surface area contributed by atoms with Gasteiger partial charge in [-0.1, -0.05) is 30.2 Å². The molecule has 0 spiro atoms. The molecule has 0 amide bonds. The fourth-order valence-electron chi connectivity index (χ4n) is 4.38. The van der Waals surface area contributed by atoms with Crippen molar-refractivity contribution in [1.29, 1.82) is 0 Å². The number of tetrazole rings is 1. The molecule has 2 aromatic heterocycles. The number of carboxylic acid groups (broad SMARTS) is 1. The zero-order valence-electron chi connectivity index (χ0n) is 15.1. The molecule has 27 heavy (non-hydrogen) atoms. The molecule has 0 saturated heterocycles. The van der Waals surface area contributed by atoms with E-state index in [1.807, 2.05) is 12.3 Å². The van der Waals surface area contributed by atoms with Crippen molar-refractivity contribution >= 4 is 11.5 Å². The first kappa shape index (κ1) is 17.8. The third kappa shape index (κ3) is 3.90. The zero-order chi connectivity index (χ0) is 18.6. The Kier molecular flexibility index (Phi) is 5.24. The molecule has 8 nitrogen and oxygen atoms in total. The average molecular weight is 368 g/mol. The first-order valence-corrected chi connectivity index (χ1v) is 9.53. The number of rotatable bonds is 7. The highest BCUT2D eigenvalue weighted by atomic mass is 16.4. The minimum Gasteiger partial charge on any atom is -0.481 e. The van der Waals surface area contributed by atoms with E-state index < -0.39 is 11.9 Å². The molecule has 0 aromatic carbocycles. The average Bonchev–Trinajstić information content (AvgIpc) is 3.43. The third-order valence-corrected chi connectivity index (χ3v) is 5.75. The summed E-state index contributed by atoms with van der Waals surface area (Å²) in [5.74, 6) is -1.03. The molecule has 1 aliphatic heterocycles. The molecule has 1 aliphatic carbocycles. The molecule has 2 atom stereocenters. The van der Waals surface area contributed by atoms with Gasteiger partial charge in [-0.25, -0.2) is 0 Å². The zero-order valence-corrected chi connectivity index (χ0v) is 15.1. The Bertz CT molecular complexity index is 796. The highest BCUT2D eigenvalue weighted by molar-refractivity contribution is 5.72. The van der Waals surface area contributed by atoms with Gasteiger partial charge in [0.1, 0.15) is 0 Å². The summed E-state index contributed by atoms with van der Waals surface area (Å²) in [6.07, 6.45) is 8.58. The summed E-state index contributed by atoms with van der Waals surface area (Å²) < 4.78 is 0. The summed E-state index contributed by atoms with van der Waals surface area (Å²) >= 11 is 0. The first-order chi connectivity index (χ1) is 13.2. The largest absolute Gasteiger partial charge is 0.481 e. The van der Waals surface area contributed by atoms with Crippen molar-refractivity contribution in [3.05, 3.63) is 41.5 Å². The number of hydrogen-bond donors (Lipinski definition) is 3. The Morgan fingerprint density at radius 3 is 2.74 bits per heavy atom. The second-order valence-corrected chi connectivity index (χ2v) is 7.39. The Balaban J connectivity index is 1.58. The number of H-pyrrole nitrogens is 1. The van der Waals surface area contributed by atoms with Gasteiger partial charge in [0.15, 0.2) is 5.82 Å². The van der Waals surface area contributed by atoms with Crippen LogP contribution in [0, 0.1) is 11.8 Å². The first-order valence-electron chi connectivity index (χ1n) is 9.53. The molecule has 3 N–H and O–H groups in total. The van der Waals surface area contributed by atoms with E-state index in [4.69, 9.17) is 0 Å². The van der Waals surface area contributed by atoms with E-state index in [0.29, 0.717) is 12.2 Å². The number of carboxylic acids is 1. The van der Waals surface area contributed by atoms with Crippen LogP contribution >= 0.6 is 0 Å². The third-order valence-electron chi connectivity index (χ3n) is 5.75. The predicted molar refractivity (Wildman–Crippen MR) is 98.8 cm³/mol. The van der Waals surface area contributed by atoms with Gasteiger partial charge in [-0.05, 0) is 36.0 Å². The van der Waals surface area contributed by atoms with Crippen molar-refractivity contribution in [3.63, 3.8) is 0 Å². The molecule has 2 aromatic rings. The van der Waals surface area contributed by atoms with Crippen molar-refractivity contribution < 1.29 is 9.90 Å². The fraction of sp³-hybridized carbons (Fsp3) is 0.526. The lowest BCUT2D eigenvalue weighted by Crippen LogP contribution is -2.30. The van der Waals surface area contributed by atoms with Crippen LogP contribution < -0.4 is 5.32 Å². The molecule has 8 heteroatoms. The van der Waals surface area contributed by atoms with Crippen molar-refractivity contribution in [2.45, 2.75) is 38.0 Å². The van der Waals surface area contributed by atoms with E-state index in [1.54, 1.807) is 0 Å². The van der Waals surface area contributed by atoms with Crippen LogP contribution in [0.1, 0.15) is 48.7 Å². The van der Waals surface area contributed by atoms with Crippen LogP contribution in [0.15, 0.2) is 24.4 Å². The standard InChI is InChI=1S/C19H24N6O2/c26-19(27)17(12-3-1-2-4-12)16(18-22-24-25-23-18)9-15-6-5-13(11-21-15)14-7-8-20-10-14/h5-7,11-12,16-17,20H,1-4,8-10H2,(H,26,27)(H,22,23,24,25). The Morgan fingerprint density at radius 1 is 1.30 bits per heavy atom. The van der Waals surface area contributed by atoms with Crippen molar-refractivity contribution in [3.8, 4) is 0 Å². The van der Waals surface area contributed by atoms with Crippen molar-refractivity contribution in [2.75, 3.05) is 13.1 Å². The lowest BCUT2D eigenvalue weighted by atomic mass is 9.77. The number of pyridine rings is 1. The molecule has 0 radical (unpaired) electrons. The summed E-state index contributed by atoms with van der Waals surface area (Å²) in [6, 6.07) is 4.04. The smallest absolute Gasteiger partial charge is 0.307 e. The Labute approximate surface area is 157 Å². The lowest BCUT2D eigenvalue weighted by molar-refractivity contribution is -0.144. The summed E-state index contributed by atoms with van der Waals surface area (Å²) in [7, 11) is 0. The van der Waals surface area contributed by atoms with Gasteiger partial charge in [0.05, 0.1) is 5.92 Å². The monoisotopic (exact) mass is 368 g/mol. The molecule has 1 saturated carbocycles. The van der Waals surface area contributed by atoms with E-state index in [2.05, 4.69) is 43.1 Å². The Hall–Kier alpha value is -2.61. The summed E-state index contributed by atoms with van der Waals surface area (Å²) in [4.78, 5) is 16.7. The van der Waals surface area contributed by atoms with Crippen LogP contribution in [0.5, 0.6) is 0 Å². The summed E-state index contributed by atoms with van der Waals surface area (Å²) in [6.45, 7) is 1.74. The molecular weight excluding hydrogens is 344 g/mol. The van der Waals surface area contributed by atoms with Gasteiger partial charge in [0.25, 0.3) is 0 Å². The number of aromatic nitrogens is 5. The summed E-state index contributed by atoms with van der Waals surface area (Å²) in [5, 5.41) is 27.6. The van der Waals surface area contributed by atoms with E-state index in [-0.39, 0.29) is 11.8 Å². The summed E-state index contributed by atoms with van der Waals surface area (Å²) in [5.41, 5.74) is 3.20. The topological polar surface area (TPSA) is 117 Å². The van der Waals surface area contributed by atoms with E-state index in [9.17, 15) is 9.90 Å². The number of carbonyl (C=O) groups is 1. The molecule has 0 bridgehead atoms. The van der Waals surface area contributed by atoms with Crippen LogP contribution in [0.2, 0.25) is 0 Å². The highest BCUT2D eigenvalue weighted by Crippen LogP contribution is 2.40. The maximum absolute atomic E-state index is 12.1. The highest BCUT2D eigenvalue weighted by Gasteiger charge is 2.39. The second-order valence-electron chi connectivity index (χ2n) is 7.39. The van der Waals surface area contributed by atoms with Crippen LogP contribution in [0.4, 0.5) is 0 Å². The minimum atomic E-state index is -0.782.